The average Bonchev–Trinajstić information content (AvgIpc) is 3.15. The fourth-order valence-electron chi connectivity index (χ4n) is 2.25. The average molecular weight is 267 g/mol. The molecule has 1 fully saturated rings. The van der Waals surface area contributed by atoms with Gasteiger partial charge < -0.3 is 10.6 Å². The normalized spacial score (nSPS) is 16.7. The molecule has 100 valence electrons. The predicted molar refractivity (Wildman–Crippen MR) is 79.3 cm³/mol. The molecule has 1 aliphatic carbocycles. The van der Waals surface area contributed by atoms with Crippen LogP contribution in [-0.4, -0.2) is 12.6 Å². The minimum Gasteiger partial charge on any atom is -0.367 e. The Hall–Kier alpha value is -0.730. The van der Waals surface area contributed by atoms with Crippen LogP contribution in [0.3, 0.4) is 0 Å². The molecular weight excluding hydrogens is 244 g/mol. The van der Waals surface area contributed by atoms with Gasteiger partial charge in [0, 0.05) is 18.6 Å². The minimum absolute atomic E-state index is 0.0431. The molecule has 1 aromatic rings. The summed E-state index contributed by atoms with van der Waals surface area (Å²) in [5.74, 6) is 0. The van der Waals surface area contributed by atoms with Gasteiger partial charge in [-0.3, -0.25) is 0 Å². The molecule has 2 rings (SSSR count). The molecule has 1 aromatic carbocycles. The van der Waals surface area contributed by atoms with Gasteiger partial charge in [0.25, 0.3) is 0 Å². The fraction of sp³-hybridized carbons (Fsp3) is 0.600. The molecule has 0 spiro atoms. The van der Waals surface area contributed by atoms with E-state index in [1.807, 2.05) is 13.0 Å². The third-order valence-electron chi connectivity index (χ3n) is 3.55. The number of unbranched alkanes of at least 4 members (excludes halogenated alkanes) is 1. The van der Waals surface area contributed by atoms with Crippen LogP contribution in [0.5, 0.6) is 0 Å². The zero-order chi connectivity index (χ0) is 13.1. The van der Waals surface area contributed by atoms with Crippen LogP contribution in [0.2, 0.25) is 5.02 Å². The summed E-state index contributed by atoms with van der Waals surface area (Å²) in [6.45, 7) is 5.32. The molecular formula is C15H23ClN2. The van der Waals surface area contributed by atoms with Crippen LogP contribution >= 0.6 is 11.6 Å². The number of halogens is 1. The molecule has 0 amide bonds. The minimum atomic E-state index is 0.0431. The fourth-order valence-corrected chi connectivity index (χ4v) is 2.55. The lowest BCUT2D eigenvalue weighted by atomic mass is 10.1. The van der Waals surface area contributed by atoms with Crippen molar-refractivity contribution >= 4 is 17.3 Å². The van der Waals surface area contributed by atoms with Crippen molar-refractivity contribution in [1.29, 1.82) is 0 Å². The molecule has 0 radical (unpaired) electrons. The van der Waals surface area contributed by atoms with Gasteiger partial charge in [-0.25, -0.2) is 0 Å². The third-order valence-corrected chi connectivity index (χ3v) is 3.85. The first kappa shape index (κ1) is 13.7. The highest BCUT2D eigenvalue weighted by Crippen LogP contribution is 2.36. The molecule has 1 aliphatic rings. The SMILES string of the molecule is CCCCN(c1ccc([C@@H](C)N)cc1Cl)C1CC1. The van der Waals surface area contributed by atoms with Gasteiger partial charge >= 0.3 is 0 Å². The van der Waals surface area contributed by atoms with E-state index >= 15 is 0 Å². The third kappa shape index (κ3) is 3.18. The first-order valence-corrected chi connectivity index (χ1v) is 7.33. The molecule has 0 saturated heterocycles. The predicted octanol–water partition coefficient (Wildman–Crippen LogP) is 4.13. The quantitative estimate of drug-likeness (QED) is 0.839. The van der Waals surface area contributed by atoms with Crippen molar-refractivity contribution < 1.29 is 0 Å². The summed E-state index contributed by atoms with van der Waals surface area (Å²) in [5, 5.41) is 0.841. The van der Waals surface area contributed by atoms with Gasteiger partial charge in [0.05, 0.1) is 10.7 Å². The summed E-state index contributed by atoms with van der Waals surface area (Å²) in [4.78, 5) is 2.47. The van der Waals surface area contributed by atoms with Gasteiger partial charge in [0.15, 0.2) is 0 Å². The van der Waals surface area contributed by atoms with Crippen LogP contribution < -0.4 is 10.6 Å². The van der Waals surface area contributed by atoms with E-state index in [4.69, 9.17) is 17.3 Å². The monoisotopic (exact) mass is 266 g/mol. The number of hydrogen-bond donors (Lipinski definition) is 1. The van der Waals surface area contributed by atoms with Crippen molar-refractivity contribution in [2.75, 3.05) is 11.4 Å². The molecule has 1 atom stereocenters. The topological polar surface area (TPSA) is 29.3 Å². The van der Waals surface area contributed by atoms with E-state index in [2.05, 4.69) is 24.0 Å². The summed E-state index contributed by atoms with van der Waals surface area (Å²) >= 11 is 6.42. The summed E-state index contributed by atoms with van der Waals surface area (Å²) in [7, 11) is 0. The zero-order valence-corrected chi connectivity index (χ0v) is 12.1. The van der Waals surface area contributed by atoms with Gasteiger partial charge in [0.1, 0.15) is 0 Å². The highest BCUT2D eigenvalue weighted by atomic mass is 35.5. The number of hydrogen-bond acceptors (Lipinski definition) is 2. The number of nitrogens with two attached hydrogens (primary N) is 1. The second-order valence-corrected chi connectivity index (χ2v) is 5.68. The van der Waals surface area contributed by atoms with Crippen LogP contribution in [-0.2, 0) is 0 Å². The van der Waals surface area contributed by atoms with Gasteiger partial charge in [-0.2, -0.15) is 0 Å². The van der Waals surface area contributed by atoms with Crippen molar-refractivity contribution in [2.24, 2.45) is 5.73 Å². The summed E-state index contributed by atoms with van der Waals surface area (Å²) in [6.07, 6.45) is 5.05. The molecule has 1 saturated carbocycles. The summed E-state index contributed by atoms with van der Waals surface area (Å²) in [5.41, 5.74) is 8.17. The lowest BCUT2D eigenvalue weighted by Crippen LogP contribution is -2.27. The Balaban J connectivity index is 2.19. The number of rotatable bonds is 6. The van der Waals surface area contributed by atoms with Crippen molar-refractivity contribution in [3.05, 3.63) is 28.8 Å². The van der Waals surface area contributed by atoms with Crippen molar-refractivity contribution in [3.63, 3.8) is 0 Å². The molecule has 0 heterocycles. The molecule has 0 bridgehead atoms. The first-order chi connectivity index (χ1) is 8.63. The Labute approximate surface area is 115 Å². The second-order valence-electron chi connectivity index (χ2n) is 5.28. The van der Waals surface area contributed by atoms with E-state index < -0.39 is 0 Å². The molecule has 0 aliphatic heterocycles. The van der Waals surface area contributed by atoms with E-state index in [-0.39, 0.29) is 6.04 Å². The Morgan fingerprint density at radius 3 is 2.67 bits per heavy atom. The van der Waals surface area contributed by atoms with E-state index in [1.165, 1.54) is 31.4 Å². The zero-order valence-electron chi connectivity index (χ0n) is 11.3. The largest absolute Gasteiger partial charge is 0.367 e. The molecule has 18 heavy (non-hydrogen) atoms. The lowest BCUT2D eigenvalue weighted by molar-refractivity contribution is 0.712. The van der Waals surface area contributed by atoms with E-state index in [1.54, 1.807) is 0 Å². The maximum Gasteiger partial charge on any atom is 0.0642 e. The maximum absolute atomic E-state index is 6.42. The Morgan fingerprint density at radius 2 is 2.17 bits per heavy atom. The van der Waals surface area contributed by atoms with Crippen LogP contribution in [0.15, 0.2) is 18.2 Å². The number of nitrogens with zero attached hydrogens (tertiary/aromatic N) is 1. The first-order valence-electron chi connectivity index (χ1n) is 6.95. The highest BCUT2D eigenvalue weighted by Gasteiger charge is 2.29. The smallest absolute Gasteiger partial charge is 0.0642 e. The molecule has 2 N–H and O–H groups in total. The van der Waals surface area contributed by atoms with Gasteiger partial charge in [-0.15, -0.1) is 0 Å². The van der Waals surface area contributed by atoms with Crippen LogP contribution in [0, 0.1) is 0 Å². The van der Waals surface area contributed by atoms with Gasteiger partial charge in [0.2, 0.25) is 0 Å². The molecule has 0 aromatic heterocycles. The second kappa shape index (κ2) is 5.94. The van der Waals surface area contributed by atoms with Crippen LogP contribution in [0.25, 0.3) is 0 Å². The van der Waals surface area contributed by atoms with Gasteiger partial charge in [-0.05, 0) is 43.9 Å². The highest BCUT2D eigenvalue weighted by molar-refractivity contribution is 6.33. The standard InChI is InChI=1S/C15H23ClN2/c1-3-4-9-18(13-6-7-13)15-8-5-12(11(2)17)10-14(15)16/h5,8,10-11,13H,3-4,6-7,9,17H2,1-2H3/t11-/m1/s1. The Morgan fingerprint density at radius 1 is 1.44 bits per heavy atom. The van der Waals surface area contributed by atoms with Crippen molar-refractivity contribution in [3.8, 4) is 0 Å². The number of benzene rings is 1. The number of anilines is 1. The summed E-state index contributed by atoms with van der Waals surface area (Å²) in [6, 6.07) is 7.00. The Kier molecular flexibility index (Phi) is 4.52. The molecule has 3 heteroatoms. The molecule has 2 nitrogen and oxygen atoms in total. The lowest BCUT2D eigenvalue weighted by Gasteiger charge is -2.26. The maximum atomic E-state index is 6.42. The summed E-state index contributed by atoms with van der Waals surface area (Å²) < 4.78 is 0. The van der Waals surface area contributed by atoms with Crippen LogP contribution in [0.1, 0.15) is 51.1 Å². The molecule has 0 unspecified atom stereocenters. The van der Waals surface area contributed by atoms with Crippen molar-refractivity contribution in [1.82, 2.24) is 0 Å². The van der Waals surface area contributed by atoms with E-state index in [0.29, 0.717) is 6.04 Å². The Bertz CT molecular complexity index is 399. The van der Waals surface area contributed by atoms with E-state index in [0.717, 1.165) is 17.1 Å². The van der Waals surface area contributed by atoms with Crippen LogP contribution in [0.4, 0.5) is 5.69 Å². The van der Waals surface area contributed by atoms with Crippen molar-refractivity contribution in [2.45, 2.75) is 51.6 Å². The van der Waals surface area contributed by atoms with Gasteiger partial charge in [-0.1, -0.05) is 31.0 Å². The van der Waals surface area contributed by atoms with E-state index in [9.17, 15) is 0 Å².